The number of aromatic amines is 1. The molecule has 1 aromatic carbocycles. The zero-order chi connectivity index (χ0) is 13.1. The highest BCUT2D eigenvalue weighted by Gasteiger charge is 2.09. The van der Waals surface area contributed by atoms with Gasteiger partial charge in [-0.05, 0) is 67.4 Å². The topological polar surface area (TPSA) is 41.8 Å². The minimum Gasteiger partial charge on any atom is -0.414 e. The second kappa shape index (κ2) is 5.70. The Kier molecular flexibility index (Phi) is 3.78. The van der Waals surface area contributed by atoms with E-state index in [0.29, 0.717) is 10.7 Å². The lowest BCUT2D eigenvalue weighted by Gasteiger charge is -2.16. The maximum atomic E-state index is 5.26. The molecule has 0 radical (unpaired) electrons. The molecular formula is C15H18N2OS. The molecule has 100 valence electrons. The lowest BCUT2D eigenvalue weighted by atomic mass is 9.89. The third kappa shape index (κ3) is 3.13. The van der Waals surface area contributed by atoms with Crippen molar-refractivity contribution in [2.24, 2.45) is 0 Å². The molecule has 1 N–H and O–H groups in total. The van der Waals surface area contributed by atoms with Gasteiger partial charge in [-0.3, -0.25) is 0 Å². The highest BCUT2D eigenvalue weighted by Crippen LogP contribution is 2.22. The number of aromatic nitrogens is 2. The molecule has 0 atom stereocenters. The lowest BCUT2D eigenvalue weighted by molar-refractivity contribution is 0.474. The van der Waals surface area contributed by atoms with Crippen molar-refractivity contribution in [3.8, 4) is 0 Å². The Morgan fingerprint density at radius 1 is 1.16 bits per heavy atom. The minimum absolute atomic E-state index is 0.365. The molecule has 3 rings (SSSR count). The van der Waals surface area contributed by atoms with E-state index in [0.717, 1.165) is 19.3 Å². The molecule has 0 saturated heterocycles. The fourth-order valence-electron chi connectivity index (χ4n) is 2.75. The van der Waals surface area contributed by atoms with E-state index in [1.165, 1.54) is 31.2 Å². The highest BCUT2D eigenvalue weighted by molar-refractivity contribution is 7.71. The largest absolute Gasteiger partial charge is 0.414 e. The van der Waals surface area contributed by atoms with E-state index >= 15 is 0 Å². The molecule has 2 aromatic rings. The van der Waals surface area contributed by atoms with Crippen molar-refractivity contribution in [2.45, 2.75) is 44.9 Å². The van der Waals surface area contributed by atoms with Gasteiger partial charge in [0, 0.05) is 6.42 Å². The summed E-state index contributed by atoms with van der Waals surface area (Å²) in [5, 5.41) is 6.68. The smallest absolute Gasteiger partial charge is 0.284 e. The van der Waals surface area contributed by atoms with Crippen molar-refractivity contribution in [2.75, 3.05) is 0 Å². The SMILES string of the molecule is S=c1[nH]nc(CCCc2ccc3c(c2)CCCC3)o1. The molecule has 0 aliphatic heterocycles. The third-order valence-electron chi connectivity index (χ3n) is 3.75. The van der Waals surface area contributed by atoms with Crippen LogP contribution in [0.2, 0.25) is 0 Å². The summed E-state index contributed by atoms with van der Waals surface area (Å²) < 4.78 is 5.26. The van der Waals surface area contributed by atoms with Crippen LogP contribution in [0.15, 0.2) is 22.6 Å². The summed E-state index contributed by atoms with van der Waals surface area (Å²) in [7, 11) is 0. The maximum Gasteiger partial charge on any atom is 0.284 e. The van der Waals surface area contributed by atoms with Gasteiger partial charge in [-0.1, -0.05) is 18.2 Å². The van der Waals surface area contributed by atoms with Gasteiger partial charge in [0.25, 0.3) is 4.84 Å². The van der Waals surface area contributed by atoms with Gasteiger partial charge in [0.2, 0.25) is 5.89 Å². The number of aryl methyl sites for hydroxylation is 4. The van der Waals surface area contributed by atoms with Gasteiger partial charge in [-0.15, -0.1) is 5.10 Å². The molecule has 1 aliphatic carbocycles. The van der Waals surface area contributed by atoms with Crippen LogP contribution < -0.4 is 0 Å². The van der Waals surface area contributed by atoms with Crippen molar-refractivity contribution in [1.29, 1.82) is 0 Å². The number of rotatable bonds is 4. The molecule has 1 heterocycles. The maximum absolute atomic E-state index is 5.26. The fraction of sp³-hybridized carbons (Fsp3) is 0.467. The first-order valence-corrected chi connectivity index (χ1v) is 7.37. The van der Waals surface area contributed by atoms with Crippen LogP contribution in [0.5, 0.6) is 0 Å². The quantitative estimate of drug-likeness (QED) is 0.863. The number of H-pyrrole nitrogens is 1. The molecule has 3 nitrogen and oxygen atoms in total. The molecule has 0 bridgehead atoms. The van der Waals surface area contributed by atoms with Crippen molar-refractivity contribution in [1.82, 2.24) is 10.2 Å². The van der Waals surface area contributed by atoms with Crippen LogP contribution >= 0.6 is 12.2 Å². The first-order valence-electron chi connectivity index (χ1n) is 6.96. The summed E-state index contributed by atoms with van der Waals surface area (Å²) in [6.07, 6.45) is 8.13. The highest BCUT2D eigenvalue weighted by atomic mass is 32.1. The van der Waals surface area contributed by atoms with Gasteiger partial charge in [0.05, 0.1) is 0 Å². The van der Waals surface area contributed by atoms with E-state index in [1.807, 2.05) is 0 Å². The van der Waals surface area contributed by atoms with Gasteiger partial charge >= 0.3 is 0 Å². The monoisotopic (exact) mass is 274 g/mol. The summed E-state index contributed by atoms with van der Waals surface area (Å²) in [6.45, 7) is 0. The Bertz CT molecular complexity index is 615. The molecule has 0 unspecified atom stereocenters. The van der Waals surface area contributed by atoms with E-state index in [9.17, 15) is 0 Å². The van der Waals surface area contributed by atoms with Gasteiger partial charge in [0.1, 0.15) is 0 Å². The molecule has 1 aliphatic rings. The average Bonchev–Trinajstić information content (AvgIpc) is 2.84. The van der Waals surface area contributed by atoms with Crippen LogP contribution in [0.4, 0.5) is 0 Å². The molecule has 0 fully saturated rings. The van der Waals surface area contributed by atoms with Gasteiger partial charge in [0.15, 0.2) is 0 Å². The molecular weight excluding hydrogens is 256 g/mol. The fourth-order valence-corrected chi connectivity index (χ4v) is 2.90. The lowest BCUT2D eigenvalue weighted by Crippen LogP contribution is -2.03. The van der Waals surface area contributed by atoms with Crippen molar-refractivity contribution >= 4 is 12.2 Å². The second-order valence-corrected chi connectivity index (χ2v) is 5.54. The van der Waals surface area contributed by atoms with Crippen LogP contribution in [0.1, 0.15) is 41.8 Å². The summed E-state index contributed by atoms with van der Waals surface area (Å²) in [5.74, 6) is 0.711. The van der Waals surface area contributed by atoms with Crippen LogP contribution in [-0.2, 0) is 25.7 Å². The molecule has 0 amide bonds. The Hall–Kier alpha value is -1.42. The third-order valence-corrected chi connectivity index (χ3v) is 3.93. The molecule has 19 heavy (non-hydrogen) atoms. The molecule has 0 spiro atoms. The van der Waals surface area contributed by atoms with Gasteiger partial charge < -0.3 is 4.42 Å². The predicted octanol–water partition coefficient (Wildman–Crippen LogP) is 3.79. The standard InChI is InChI=1S/C15H18N2OS/c19-15-17-16-14(18-15)7-3-4-11-8-9-12-5-1-2-6-13(12)10-11/h8-10H,1-7H2,(H,17,19). The van der Waals surface area contributed by atoms with E-state index in [-0.39, 0.29) is 0 Å². The summed E-state index contributed by atoms with van der Waals surface area (Å²) >= 11 is 4.86. The zero-order valence-corrected chi connectivity index (χ0v) is 11.8. The van der Waals surface area contributed by atoms with E-state index < -0.39 is 0 Å². The number of hydrogen-bond donors (Lipinski definition) is 1. The molecule has 4 heteroatoms. The number of hydrogen-bond acceptors (Lipinski definition) is 3. The van der Waals surface area contributed by atoms with Crippen molar-refractivity contribution in [3.63, 3.8) is 0 Å². The van der Waals surface area contributed by atoms with Crippen LogP contribution in [0.3, 0.4) is 0 Å². The van der Waals surface area contributed by atoms with Crippen molar-refractivity contribution < 1.29 is 4.42 Å². The van der Waals surface area contributed by atoms with Gasteiger partial charge in [-0.25, -0.2) is 5.10 Å². The first kappa shape index (κ1) is 12.6. The average molecular weight is 274 g/mol. The number of nitrogens with one attached hydrogen (secondary N) is 1. The summed E-state index contributed by atoms with van der Waals surface area (Å²) in [4.78, 5) is 0.365. The zero-order valence-electron chi connectivity index (χ0n) is 10.9. The molecule has 1 aromatic heterocycles. The summed E-state index contributed by atoms with van der Waals surface area (Å²) in [5.41, 5.74) is 4.53. The van der Waals surface area contributed by atoms with E-state index in [1.54, 1.807) is 11.1 Å². The number of nitrogens with zero attached hydrogens (tertiary/aromatic N) is 1. The van der Waals surface area contributed by atoms with E-state index in [2.05, 4.69) is 28.4 Å². The van der Waals surface area contributed by atoms with E-state index in [4.69, 9.17) is 16.6 Å². The summed E-state index contributed by atoms with van der Waals surface area (Å²) in [6, 6.07) is 6.96. The Morgan fingerprint density at radius 2 is 2.00 bits per heavy atom. The minimum atomic E-state index is 0.365. The molecule has 0 saturated carbocycles. The van der Waals surface area contributed by atoms with Crippen LogP contribution in [-0.4, -0.2) is 10.2 Å². The first-order chi connectivity index (χ1) is 9.31. The van der Waals surface area contributed by atoms with Crippen molar-refractivity contribution in [3.05, 3.63) is 45.6 Å². The second-order valence-electron chi connectivity index (χ2n) is 5.17. The predicted molar refractivity (Wildman–Crippen MR) is 76.8 cm³/mol. The number of benzene rings is 1. The Labute approximate surface area is 118 Å². The van der Waals surface area contributed by atoms with Crippen LogP contribution in [0.25, 0.3) is 0 Å². The van der Waals surface area contributed by atoms with Crippen LogP contribution in [0, 0.1) is 4.84 Å². The normalized spacial score (nSPS) is 14.3. The Balaban J connectivity index is 1.59. The number of fused-ring (bicyclic) bond motifs is 1. The van der Waals surface area contributed by atoms with Gasteiger partial charge in [-0.2, -0.15) is 0 Å². The Morgan fingerprint density at radius 3 is 2.79 bits per heavy atom.